The van der Waals surface area contributed by atoms with Gasteiger partial charge in [-0.15, -0.1) is 0 Å². The molecule has 25 heavy (non-hydrogen) atoms. The molecule has 2 rings (SSSR count). The number of esters is 1. The van der Waals surface area contributed by atoms with Crippen LogP contribution in [-0.2, 0) is 14.4 Å². The van der Waals surface area contributed by atoms with Crippen LogP contribution < -0.4 is 5.32 Å². The first-order valence-electron chi connectivity index (χ1n) is 7.43. The minimum atomic E-state index is -0.745. The molecule has 0 saturated heterocycles. The van der Waals surface area contributed by atoms with Crippen molar-refractivity contribution in [2.24, 2.45) is 5.16 Å². The minimum absolute atomic E-state index is 0.292. The zero-order valence-corrected chi connectivity index (χ0v) is 15.9. The highest BCUT2D eigenvalue weighted by molar-refractivity contribution is 14.1. The molecule has 0 aliphatic rings. The van der Waals surface area contributed by atoms with E-state index in [1.807, 2.05) is 24.3 Å². The normalized spacial score (nSPS) is 11.8. The van der Waals surface area contributed by atoms with E-state index in [9.17, 15) is 9.59 Å². The van der Waals surface area contributed by atoms with Crippen LogP contribution in [0, 0.1) is 3.57 Å². The monoisotopic (exact) mass is 452 g/mol. The summed E-state index contributed by atoms with van der Waals surface area (Å²) in [4.78, 5) is 28.5. The SMILES string of the molecule is COC(=O)c1ccc(/C=N/OC(C)C(=O)Nc2ccc(I)cc2)cc1. The van der Waals surface area contributed by atoms with Crippen molar-refractivity contribution in [3.05, 3.63) is 63.2 Å². The second-order valence-corrected chi connectivity index (χ2v) is 6.34. The number of nitrogens with one attached hydrogen (secondary N) is 1. The number of rotatable bonds is 6. The standard InChI is InChI=1S/C18H17IN2O4/c1-12(17(22)21-16-9-7-15(19)8-10-16)25-20-11-13-3-5-14(6-4-13)18(23)24-2/h3-12H,1-2H3,(H,21,22)/b20-11+. The predicted molar refractivity (Wildman–Crippen MR) is 104 cm³/mol. The molecule has 2 aromatic rings. The number of benzene rings is 2. The van der Waals surface area contributed by atoms with Crippen molar-refractivity contribution >= 4 is 46.4 Å². The average Bonchev–Trinajstić information content (AvgIpc) is 2.63. The summed E-state index contributed by atoms with van der Waals surface area (Å²) in [7, 11) is 1.33. The Morgan fingerprint density at radius 2 is 1.76 bits per heavy atom. The Morgan fingerprint density at radius 1 is 1.12 bits per heavy atom. The number of halogens is 1. The summed E-state index contributed by atoms with van der Waals surface area (Å²) < 4.78 is 5.71. The van der Waals surface area contributed by atoms with Crippen LogP contribution in [0.25, 0.3) is 0 Å². The van der Waals surface area contributed by atoms with Gasteiger partial charge in [-0.1, -0.05) is 17.3 Å². The third kappa shape index (κ3) is 5.86. The molecule has 0 heterocycles. The Morgan fingerprint density at radius 3 is 2.36 bits per heavy atom. The summed E-state index contributed by atoms with van der Waals surface area (Å²) in [5.41, 5.74) is 1.88. The third-order valence-corrected chi connectivity index (χ3v) is 3.95. The Hall–Kier alpha value is -2.42. The van der Waals surface area contributed by atoms with E-state index in [1.54, 1.807) is 31.2 Å². The van der Waals surface area contributed by atoms with Gasteiger partial charge in [0.25, 0.3) is 5.91 Å². The van der Waals surface area contributed by atoms with Crippen molar-refractivity contribution in [2.75, 3.05) is 12.4 Å². The van der Waals surface area contributed by atoms with Crippen molar-refractivity contribution < 1.29 is 19.2 Å². The van der Waals surface area contributed by atoms with Crippen molar-refractivity contribution in [1.82, 2.24) is 0 Å². The Balaban J connectivity index is 1.86. The van der Waals surface area contributed by atoms with Gasteiger partial charge in [0.2, 0.25) is 6.10 Å². The van der Waals surface area contributed by atoms with Crippen molar-refractivity contribution in [1.29, 1.82) is 0 Å². The molecule has 1 amide bonds. The molecule has 1 unspecified atom stereocenters. The summed E-state index contributed by atoms with van der Waals surface area (Å²) >= 11 is 2.19. The van der Waals surface area contributed by atoms with Crippen LogP contribution in [0.2, 0.25) is 0 Å². The third-order valence-electron chi connectivity index (χ3n) is 3.23. The number of amides is 1. The quantitative estimate of drug-likeness (QED) is 0.315. The molecule has 0 radical (unpaired) electrons. The van der Waals surface area contributed by atoms with Gasteiger partial charge in [-0.2, -0.15) is 0 Å². The van der Waals surface area contributed by atoms with Crippen LogP contribution >= 0.6 is 22.6 Å². The highest BCUT2D eigenvalue weighted by atomic mass is 127. The van der Waals surface area contributed by atoms with E-state index in [0.29, 0.717) is 11.3 Å². The van der Waals surface area contributed by atoms with Crippen molar-refractivity contribution in [2.45, 2.75) is 13.0 Å². The molecule has 130 valence electrons. The van der Waals surface area contributed by atoms with Gasteiger partial charge in [-0.3, -0.25) is 4.79 Å². The fraction of sp³-hybridized carbons (Fsp3) is 0.167. The fourth-order valence-corrected chi connectivity index (χ4v) is 2.19. The minimum Gasteiger partial charge on any atom is -0.465 e. The Bertz CT molecular complexity index is 758. The molecule has 0 spiro atoms. The summed E-state index contributed by atoms with van der Waals surface area (Å²) in [6.07, 6.45) is 0.722. The number of carbonyl (C=O) groups excluding carboxylic acids is 2. The van der Waals surface area contributed by atoms with Crippen molar-refractivity contribution in [3.8, 4) is 0 Å². The molecule has 0 aromatic heterocycles. The molecule has 1 atom stereocenters. The molecule has 0 saturated carbocycles. The van der Waals surface area contributed by atoms with Crippen LogP contribution in [0.3, 0.4) is 0 Å². The fourth-order valence-electron chi connectivity index (χ4n) is 1.83. The maximum atomic E-state index is 12.0. The highest BCUT2D eigenvalue weighted by Gasteiger charge is 2.14. The maximum Gasteiger partial charge on any atom is 0.337 e. The molecule has 1 N–H and O–H groups in total. The number of ether oxygens (including phenoxy) is 1. The maximum absolute atomic E-state index is 12.0. The van der Waals surface area contributed by atoms with Gasteiger partial charge in [0, 0.05) is 9.26 Å². The van der Waals surface area contributed by atoms with Gasteiger partial charge in [0.15, 0.2) is 0 Å². The molecular weight excluding hydrogens is 435 g/mol. The number of hydrogen-bond acceptors (Lipinski definition) is 5. The lowest BCUT2D eigenvalue weighted by Gasteiger charge is -2.10. The van der Waals surface area contributed by atoms with Crippen LogP contribution in [0.4, 0.5) is 5.69 Å². The average molecular weight is 452 g/mol. The van der Waals surface area contributed by atoms with Gasteiger partial charge in [0.1, 0.15) is 0 Å². The lowest BCUT2D eigenvalue weighted by Crippen LogP contribution is -2.26. The Kier molecular flexibility index (Phi) is 6.93. The first-order valence-corrected chi connectivity index (χ1v) is 8.51. The van der Waals surface area contributed by atoms with Crippen LogP contribution in [0.5, 0.6) is 0 Å². The van der Waals surface area contributed by atoms with E-state index in [-0.39, 0.29) is 5.91 Å². The van der Waals surface area contributed by atoms with E-state index in [2.05, 4.69) is 37.8 Å². The second-order valence-electron chi connectivity index (χ2n) is 5.09. The number of anilines is 1. The zero-order valence-electron chi connectivity index (χ0n) is 13.7. The first-order chi connectivity index (χ1) is 12.0. The molecular formula is C18H17IN2O4. The van der Waals surface area contributed by atoms with E-state index in [0.717, 1.165) is 9.13 Å². The van der Waals surface area contributed by atoms with Gasteiger partial charge in [-0.25, -0.2) is 4.79 Å². The molecule has 0 bridgehead atoms. The largest absolute Gasteiger partial charge is 0.465 e. The molecule has 0 aliphatic heterocycles. The van der Waals surface area contributed by atoms with Crippen LogP contribution in [-0.4, -0.2) is 31.3 Å². The summed E-state index contributed by atoms with van der Waals surface area (Å²) in [6.45, 7) is 1.61. The van der Waals surface area contributed by atoms with E-state index < -0.39 is 12.1 Å². The van der Waals surface area contributed by atoms with Gasteiger partial charge >= 0.3 is 5.97 Å². The first kappa shape index (κ1) is 18.9. The molecule has 0 fully saturated rings. The van der Waals surface area contributed by atoms with Crippen molar-refractivity contribution in [3.63, 3.8) is 0 Å². The van der Waals surface area contributed by atoms with Gasteiger partial charge in [-0.05, 0) is 71.5 Å². The predicted octanol–water partition coefficient (Wildman–Crippen LogP) is 3.46. The number of oxime groups is 1. The number of carbonyl (C=O) groups is 2. The van der Waals surface area contributed by atoms with Crippen LogP contribution in [0.15, 0.2) is 53.7 Å². The smallest absolute Gasteiger partial charge is 0.337 e. The molecule has 6 nitrogen and oxygen atoms in total. The summed E-state index contributed by atoms with van der Waals surface area (Å²) in [6, 6.07) is 14.1. The number of hydrogen-bond donors (Lipinski definition) is 1. The summed E-state index contributed by atoms with van der Waals surface area (Å²) in [5.74, 6) is -0.694. The lowest BCUT2D eigenvalue weighted by atomic mass is 10.1. The number of methoxy groups -OCH3 is 1. The van der Waals surface area contributed by atoms with E-state index >= 15 is 0 Å². The topological polar surface area (TPSA) is 77.0 Å². The molecule has 2 aromatic carbocycles. The van der Waals surface area contributed by atoms with Gasteiger partial charge < -0.3 is 14.9 Å². The summed E-state index contributed by atoms with van der Waals surface area (Å²) in [5, 5.41) is 6.56. The zero-order chi connectivity index (χ0) is 18.2. The highest BCUT2D eigenvalue weighted by Crippen LogP contribution is 2.12. The molecule has 7 heteroatoms. The molecule has 0 aliphatic carbocycles. The van der Waals surface area contributed by atoms with E-state index in [1.165, 1.54) is 13.3 Å². The van der Waals surface area contributed by atoms with Gasteiger partial charge in [0.05, 0.1) is 18.9 Å². The number of nitrogens with zero attached hydrogens (tertiary/aromatic N) is 1. The lowest BCUT2D eigenvalue weighted by molar-refractivity contribution is -0.126. The van der Waals surface area contributed by atoms with E-state index in [4.69, 9.17) is 4.84 Å². The Labute approximate surface area is 159 Å². The van der Waals surface area contributed by atoms with Crippen LogP contribution in [0.1, 0.15) is 22.8 Å². The second kappa shape index (κ2) is 9.16.